The zero-order valence-electron chi connectivity index (χ0n) is 18.2. The quantitative estimate of drug-likeness (QED) is 0.313. The van der Waals surface area contributed by atoms with E-state index < -0.39 is 11.9 Å². The summed E-state index contributed by atoms with van der Waals surface area (Å²) in [7, 11) is 0. The van der Waals surface area contributed by atoms with Crippen LogP contribution in [0.5, 0.6) is 11.5 Å². The van der Waals surface area contributed by atoms with Gasteiger partial charge in [0.25, 0.3) is 0 Å². The van der Waals surface area contributed by atoms with Gasteiger partial charge in [-0.25, -0.2) is 9.37 Å². The molecule has 0 spiro atoms. The van der Waals surface area contributed by atoms with Gasteiger partial charge in [0.15, 0.2) is 11.6 Å². The smallest absolute Gasteiger partial charge is 0.239 e. The number of fused-ring (bicyclic) bond motifs is 1. The summed E-state index contributed by atoms with van der Waals surface area (Å²) in [5, 5.41) is 3.34. The predicted molar refractivity (Wildman–Crippen MR) is 120 cm³/mol. The van der Waals surface area contributed by atoms with Crippen molar-refractivity contribution in [1.82, 2.24) is 20.2 Å². The van der Waals surface area contributed by atoms with Crippen LogP contribution in [0.2, 0.25) is 0 Å². The van der Waals surface area contributed by atoms with Crippen molar-refractivity contribution in [3.05, 3.63) is 53.6 Å². The van der Waals surface area contributed by atoms with E-state index in [1.807, 2.05) is 20.0 Å². The van der Waals surface area contributed by atoms with E-state index in [-0.39, 0.29) is 18.1 Å². The lowest BCUT2D eigenvalue weighted by atomic mass is 10.0. The molecule has 0 saturated heterocycles. The van der Waals surface area contributed by atoms with Gasteiger partial charge in [-0.1, -0.05) is 13.0 Å². The fourth-order valence-electron chi connectivity index (χ4n) is 3.58. The Labute approximate surface area is 186 Å². The number of amides is 2. The second-order valence-corrected chi connectivity index (χ2v) is 7.58. The Morgan fingerprint density at radius 3 is 2.88 bits per heavy atom. The Morgan fingerprint density at radius 1 is 1.34 bits per heavy atom. The number of nitrogens with zero attached hydrogens (tertiary/aromatic N) is 2. The monoisotopic (exact) mass is 441 g/mol. The highest BCUT2D eigenvalue weighted by Gasteiger charge is 2.21. The zero-order valence-corrected chi connectivity index (χ0v) is 18.2. The van der Waals surface area contributed by atoms with Gasteiger partial charge in [-0.2, -0.15) is 0 Å². The summed E-state index contributed by atoms with van der Waals surface area (Å²) in [6.45, 7) is 5.14. The first-order chi connectivity index (χ1) is 15.4. The average molecular weight is 442 g/mol. The summed E-state index contributed by atoms with van der Waals surface area (Å²) in [5.74, 6) is -0.191. The van der Waals surface area contributed by atoms with Gasteiger partial charge in [-0.15, -0.1) is 0 Å². The highest BCUT2D eigenvalue weighted by Crippen LogP contribution is 2.32. The number of halogens is 1. The molecule has 3 rings (SSSR count). The van der Waals surface area contributed by atoms with E-state index in [4.69, 9.17) is 10.5 Å². The largest absolute Gasteiger partial charge is 0.453 e. The number of carbonyl (C=O) groups is 2. The molecule has 170 valence electrons. The molecule has 8 nitrogen and oxygen atoms in total. The van der Waals surface area contributed by atoms with E-state index in [2.05, 4.69) is 15.3 Å². The van der Waals surface area contributed by atoms with Gasteiger partial charge in [-0.3, -0.25) is 9.59 Å². The molecule has 1 aromatic carbocycles. The molecule has 4 N–H and O–H groups in total. The second kappa shape index (κ2) is 10.7. The molecule has 0 saturated carbocycles. The Morgan fingerprint density at radius 2 is 2.16 bits per heavy atom. The maximum Gasteiger partial charge on any atom is 0.239 e. The van der Waals surface area contributed by atoms with Crippen molar-refractivity contribution >= 4 is 23.4 Å². The second-order valence-electron chi connectivity index (χ2n) is 7.58. The third-order valence-corrected chi connectivity index (χ3v) is 5.14. The summed E-state index contributed by atoms with van der Waals surface area (Å²) in [6.07, 6.45) is 4.96. The van der Waals surface area contributed by atoms with Crippen molar-refractivity contribution in [1.29, 1.82) is 0 Å². The minimum atomic E-state index is -0.814. The minimum absolute atomic E-state index is 0.0781. The summed E-state index contributed by atoms with van der Waals surface area (Å²) in [5.41, 5.74) is 8.33. The van der Waals surface area contributed by atoms with E-state index in [9.17, 15) is 14.0 Å². The molecule has 0 radical (unpaired) electrons. The van der Waals surface area contributed by atoms with Crippen molar-refractivity contribution in [2.45, 2.75) is 32.7 Å². The molecule has 1 atom stereocenters. The van der Waals surface area contributed by atoms with Gasteiger partial charge in [0, 0.05) is 32.0 Å². The summed E-state index contributed by atoms with van der Waals surface area (Å²) in [4.78, 5) is 32.1. The number of aryl methyl sites for hydroxylation is 1. The number of aromatic amines is 1. The highest BCUT2D eigenvalue weighted by molar-refractivity contribution is 5.86. The number of rotatable bonds is 11. The van der Waals surface area contributed by atoms with Gasteiger partial charge in [0.05, 0.1) is 11.4 Å². The standard InChI is InChI=1S/C23H28FN5O3/c1-3-9-29(10-8-26-14-30)23(31)18(25)12-16-4-5-19(17(24)11-16)32-20-6-7-27-22-21(20)15(2)13-28-22/h4-7,11,13-14,18H,3,8-10,12,25H2,1-2H3,(H,26,30)(H,27,28). The van der Waals surface area contributed by atoms with Gasteiger partial charge >= 0.3 is 0 Å². The van der Waals surface area contributed by atoms with Crippen molar-refractivity contribution in [2.24, 2.45) is 5.73 Å². The molecule has 0 aliphatic heterocycles. The topological polar surface area (TPSA) is 113 Å². The molecule has 0 aliphatic rings. The lowest BCUT2D eigenvalue weighted by Crippen LogP contribution is -2.47. The van der Waals surface area contributed by atoms with E-state index in [1.165, 1.54) is 12.1 Å². The van der Waals surface area contributed by atoms with Gasteiger partial charge in [0.1, 0.15) is 11.4 Å². The molecule has 2 heterocycles. The average Bonchev–Trinajstić information content (AvgIpc) is 3.16. The molecule has 1 unspecified atom stereocenters. The highest BCUT2D eigenvalue weighted by atomic mass is 19.1. The molecule has 3 aromatic rings. The number of aromatic nitrogens is 2. The molecule has 9 heteroatoms. The van der Waals surface area contributed by atoms with Crippen LogP contribution in [-0.2, 0) is 16.0 Å². The van der Waals surface area contributed by atoms with Gasteiger partial charge in [-0.05, 0) is 49.1 Å². The Hall–Kier alpha value is -3.46. The first-order valence-electron chi connectivity index (χ1n) is 10.5. The number of pyridine rings is 1. The van der Waals surface area contributed by atoms with Crippen LogP contribution in [0.3, 0.4) is 0 Å². The van der Waals surface area contributed by atoms with Crippen molar-refractivity contribution in [3.8, 4) is 11.5 Å². The maximum atomic E-state index is 14.8. The molecular formula is C23H28FN5O3. The number of H-pyrrole nitrogens is 1. The fourth-order valence-corrected chi connectivity index (χ4v) is 3.58. The summed E-state index contributed by atoms with van der Waals surface area (Å²) in [6, 6.07) is 5.45. The molecule has 0 fully saturated rings. The first-order valence-corrected chi connectivity index (χ1v) is 10.5. The van der Waals surface area contributed by atoms with Crippen molar-refractivity contribution in [3.63, 3.8) is 0 Å². The van der Waals surface area contributed by atoms with E-state index in [1.54, 1.807) is 23.2 Å². The summed E-state index contributed by atoms with van der Waals surface area (Å²) >= 11 is 0. The Kier molecular flexibility index (Phi) is 7.77. The van der Waals surface area contributed by atoms with E-state index >= 15 is 0 Å². The number of hydrogen-bond donors (Lipinski definition) is 3. The summed E-state index contributed by atoms with van der Waals surface area (Å²) < 4.78 is 20.6. The van der Waals surface area contributed by atoms with Crippen molar-refractivity contribution < 1.29 is 18.7 Å². The molecule has 32 heavy (non-hydrogen) atoms. The molecular weight excluding hydrogens is 413 g/mol. The van der Waals surface area contributed by atoms with Crippen LogP contribution in [0.25, 0.3) is 11.0 Å². The van der Waals surface area contributed by atoms with Gasteiger partial charge in [0.2, 0.25) is 12.3 Å². The number of nitrogens with two attached hydrogens (primary N) is 1. The lowest BCUT2D eigenvalue weighted by Gasteiger charge is -2.25. The normalized spacial score (nSPS) is 11.9. The van der Waals surface area contributed by atoms with E-state index in [0.29, 0.717) is 43.0 Å². The minimum Gasteiger partial charge on any atom is -0.453 e. The maximum absolute atomic E-state index is 14.8. The molecule has 2 amide bonds. The lowest BCUT2D eigenvalue weighted by molar-refractivity contribution is -0.132. The first kappa shape index (κ1) is 23.2. The van der Waals surface area contributed by atoms with Gasteiger partial charge < -0.3 is 25.7 Å². The number of nitrogens with one attached hydrogen (secondary N) is 2. The Balaban J connectivity index is 1.69. The van der Waals surface area contributed by atoms with Crippen LogP contribution < -0.4 is 15.8 Å². The third kappa shape index (κ3) is 5.42. The number of carbonyl (C=O) groups excluding carboxylic acids is 2. The van der Waals surface area contributed by atoms with Crippen LogP contribution in [0, 0.1) is 12.7 Å². The SMILES string of the molecule is CCCN(CCNC=O)C(=O)C(N)Cc1ccc(Oc2ccnc3[nH]cc(C)c23)c(F)c1. The Bertz CT molecular complexity index is 1080. The van der Waals surface area contributed by atoms with Crippen LogP contribution in [0.1, 0.15) is 24.5 Å². The number of hydrogen-bond acceptors (Lipinski definition) is 5. The fraction of sp³-hybridized carbons (Fsp3) is 0.348. The number of ether oxygens (including phenoxy) is 1. The predicted octanol–water partition coefficient (Wildman–Crippen LogP) is 2.66. The number of benzene rings is 1. The molecule has 2 aromatic heterocycles. The van der Waals surface area contributed by atoms with Crippen LogP contribution in [-0.4, -0.2) is 52.9 Å². The van der Waals surface area contributed by atoms with E-state index in [0.717, 1.165) is 17.4 Å². The third-order valence-electron chi connectivity index (χ3n) is 5.14. The molecule has 0 bridgehead atoms. The molecule has 0 aliphatic carbocycles. The van der Waals surface area contributed by atoms with Crippen LogP contribution in [0.15, 0.2) is 36.7 Å². The van der Waals surface area contributed by atoms with Crippen LogP contribution >= 0.6 is 0 Å². The van der Waals surface area contributed by atoms with Crippen LogP contribution in [0.4, 0.5) is 4.39 Å². The zero-order chi connectivity index (χ0) is 23.1. The van der Waals surface area contributed by atoms with Crippen molar-refractivity contribution in [2.75, 3.05) is 19.6 Å².